The predicted molar refractivity (Wildman–Crippen MR) is 74.1 cm³/mol. The SMILES string of the molecule is CCN(c1cccnc1[N+](=O)[O-])C1CCCC1CN. The molecular weight excluding hydrogens is 244 g/mol. The van der Waals surface area contributed by atoms with E-state index >= 15 is 0 Å². The Labute approximate surface area is 112 Å². The molecule has 2 N–H and O–H groups in total. The van der Waals surface area contributed by atoms with Gasteiger partial charge < -0.3 is 20.7 Å². The predicted octanol–water partition coefficient (Wildman–Crippen LogP) is 1.94. The highest BCUT2D eigenvalue weighted by Gasteiger charge is 2.33. The van der Waals surface area contributed by atoms with Gasteiger partial charge in [-0.3, -0.25) is 0 Å². The maximum Gasteiger partial charge on any atom is 0.387 e. The molecule has 0 bridgehead atoms. The van der Waals surface area contributed by atoms with Gasteiger partial charge in [0, 0.05) is 12.6 Å². The van der Waals surface area contributed by atoms with E-state index in [2.05, 4.69) is 9.88 Å². The van der Waals surface area contributed by atoms with Crippen LogP contribution in [0.3, 0.4) is 0 Å². The lowest BCUT2D eigenvalue weighted by Gasteiger charge is -2.33. The molecule has 1 aromatic rings. The summed E-state index contributed by atoms with van der Waals surface area (Å²) >= 11 is 0. The summed E-state index contributed by atoms with van der Waals surface area (Å²) in [7, 11) is 0. The molecule has 1 aromatic heterocycles. The zero-order chi connectivity index (χ0) is 13.8. The monoisotopic (exact) mass is 264 g/mol. The second kappa shape index (κ2) is 5.97. The zero-order valence-electron chi connectivity index (χ0n) is 11.2. The van der Waals surface area contributed by atoms with Crippen molar-refractivity contribution in [3.8, 4) is 0 Å². The van der Waals surface area contributed by atoms with Gasteiger partial charge in [-0.2, -0.15) is 0 Å². The molecule has 2 rings (SSSR count). The molecule has 0 spiro atoms. The molecule has 2 atom stereocenters. The maximum atomic E-state index is 11.1. The van der Waals surface area contributed by atoms with Crippen LogP contribution in [0.5, 0.6) is 0 Å². The van der Waals surface area contributed by atoms with Gasteiger partial charge >= 0.3 is 5.82 Å². The van der Waals surface area contributed by atoms with Crippen molar-refractivity contribution in [2.75, 3.05) is 18.0 Å². The van der Waals surface area contributed by atoms with E-state index in [4.69, 9.17) is 5.73 Å². The summed E-state index contributed by atoms with van der Waals surface area (Å²) in [5.41, 5.74) is 6.43. The summed E-state index contributed by atoms with van der Waals surface area (Å²) in [6.45, 7) is 3.38. The summed E-state index contributed by atoms with van der Waals surface area (Å²) in [4.78, 5) is 16.7. The van der Waals surface area contributed by atoms with Crippen molar-refractivity contribution in [3.05, 3.63) is 28.4 Å². The highest BCUT2D eigenvalue weighted by Crippen LogP contribution is 2.35. The first-order chi connectivity index (χ1) is 9.19. The van der Waals surface area contributed by atoms with Gasteiger partial charge in [0.25, 0.3) is 0 Å². The Bertz CT molecular complexity index is 452. The highest BCUT2D eigenvalue weighted by molar-refractivity contribution is 5.59. The van der Waals surface area contributed by atoms with Crippen molar-refractivity contribution >= 4 is 11.5 Å². The van der Waals surface area contributed by atoms with Gasteiger partial charge in [-0.15, -0.1) is 0 Å². The average Bonchev–Trinajstić information content (AvgIpc) is 2.88. The Morgan fingerprint density at radius 1 is 1.58 bits per heavy atom. The highest BCUT2D eigenvalue weighted by atomic mass is 16.6. The summed E-state index contributed by atoms with van der Waals surface area (Å²) in [5.74, 6) is 0.354. The lowest BCUT2D eigenvalue weighted by atomic mass is 10.0. The molecular formula is C13H20N4O2. The van der Waals surface area contributed by atoms with E-state index in [1.165, 1.54) is 6.20 Å². The summed E-state index contributed by atoms with van der Waals surface area (Å²) in [6, 6.07) is 3.82. The van der Waals surface area contributed by atoms with Gasteiger partial charge in [0.1, 0.15) is 11.9 Å². The molecule has 0 aromatic carbocycles. The van der Waals surface area contributed by atoms with E-state index < -0.39 is 4.92 Å². The van der Waals surface area contributed by atoms with Gasteiger partial charge in [0.15, 0.2) is 0 Å². The van der Waals surface area contributed by atoms with E-state index in [0.29, 0.717) is 18.2 Å². The number of nitrogens with two attached hydrogens (primary N) is 1. The fourth-order valence-electron chi connectivity index (χ4n) is 3.04. The van der Waals surface area contributed by atoms with Crippen LogP contribution in [-0.4, -0.2) is 29.0 Å². The molecule has 1 heterocycles. The molecule has 6 heteroatoms. The fourth-order valence-corrected chi connectivity index (χ4v) is 3.04. The van der Waals surface area contributed by atoms with Gasteiger partial charge in [0.2, 0.25) is 0 Å². The minimum Gasteiger partial charge on any atom is -0.362 e. The number of rotatable bonds is 5. The molecule has 1 aliphatic carbocycles. The quantitative estimate of drug-likeness (QED) is 0.649. The van der Waals surface area contributed by atoms with Crippen LogP contribution < -0.4 is 10.6 Å². The number of hydrogen-bond donors (Lipinski definition) is 1. The third kappa shape index (κ3) is 2.68. The molecule has 6 nitrogen and oxygen atoms in total. The second-order valence-corrected chi connectivity index (χ2v) is 4.88. The molecule has 1 saturated carbocycles. The van der Waals surface area contributed by atoms with Crippen LogP contribution in [0, 0.1) is 16.0 Å². The molecule has 1 aliphatic rings. The van der Waals surface area contributed by atoms with Gasteiger partial charge in [-0.1, -0.05) is 6.42 Å². The van der Waals surface area contributed by atoms with E-state index in [1.807, 2.05) is 6.92 Å². The number of hydrogen-bond acceptors (Lipinski definition) is 5. The Balaban J connectivity index is 2.34. The maximum absolute atomic E-state index is 11.1. The van der Waals surface area contributed by atoms with Crippen LogP contribution in [0.4, 0.5) is 11.5 Å². The van der Waals surface area contributed by atoms with Crippen LogP contribution in [0.2, 0.25) is 0 Å². The first-order valence-electron chi connectivity index (χ1n) is 6.75. The van der Waals surface area contributed by atoms with E-state index in [-0.39, 0.29) is 11.9 Å². The van der Waals surface area contributed by atoms with E-state index in [0.717, 1.165) is 25.8 Å². The lowest BCUT2D eigenvalue weighted by molar-refractivity contribution is -0.388. The molecule has 1 fully saturated rings. The Morgan fingerprint density at radius 3 is 3.00 bits per heavy atom. The first-order valence-corrected chi connectivity index (χ1v) is 6.75. The molecule has 2 unspecified atom stereocenters. The summed E-state index contributed by atoms with van der Waals surface area (Å²) < 4.78 is 0. The number of pyridine rings is 1. The second-order valence-electron chi connectivity index (χ2n) is 4.88. The standard InChI is InChI=1S/C13H20N4O2/c1-2-16(11-6-3-5-10(11)9-14)12-7-4-8-15-13(12)17(18)19/h4,7-8,10-11H,2-3,5-6,9,14H2,1H3. The van der Waals surface area contributed by atoms with Crippen LogP contribution in [-0.2, 0) is 0 Å². The van der Waals surface area contributed by atoms with Crippen LogP contribution in [0.25, 0.3) is 0 Å². The molecule has 0 amide bonds. The number of nitrogens with zero attached hydrogens (tertiary/aromatic N) is 3. The minimum absolute atomic E-state index is 0.0629. The average molecular weight is 264 g/mol. The molecule has 19 heavy (non-hydrogen) atoms. The largest absolute Gasteiger partial charge is 0.387 e. The number of aromatic nitrogens is 1. The van der Waals surface area contributed by atoms with Crippen LogP contribution in [0.15, 0.2) is 18.3 Å². The first kappa shape index (κ1) is 13.7. The third-order valence-electron chi connectivity index (χ3n) is 3.91. The third-order valence-corrected chi connectivity index (χ3v) is 3.91. The molecule has 104 valence electrons. The Kier molecular flexibility index (Phi) is 4.31. The summed E-state index contributed by atoms with van der Waals surface area (Å²) in [5, 5.41) is 11.1. The number of anilines is 1. The van der Waals surface area contributed by atoms with Crippen molar-refractivity contribution in [2.45, 2.75) is 32.2 Å². The van der Waals surface area contributed by atoms with Gasteiger partial charge in [-0.05, 0) is 54.3 Å². The van der Waals surface area contributed by atoms with E-state index in [1.54, 1.807) is 12.1 Å². The van der Waals surface area contributed by atoms with Crippen LogP contribution >= 0.6 is 0 Å². The number of nitro groups is 1. The van der Waals surface area contributed by atoms with Crippen molar-refractivity contribution in [1.29, 1.82) is 0 Å². The zero-order valence-corrected chi connectivity index (χ0v) is 11.2. The lowest BCUT2D eigenvalue weighted by Crippen LogP contribution is -2.40. The van der Waals surface area contributed by atoms with Crippen molar-refractivity contribution in [2.24, 2.45) is 11.7 Å². The van der Waals surface area contributed by atoms with Crippen molar-refractivity contribution in [3.63, 3.8) is 0 Å². The van der Waals surface area contributed by atoms with Crippen LogP contribution in [0.1, 0.15) is 26.2 Å². The van der Waals surface area contributed by atoms with Crippen molar-refractivity contribution < 1.29 is 4.92 Å². The van der Waals surface area contributed by atoms with Gasteiger partial charge in [0.05, 0.1) is 0 Å². The minimum atomic E-state index is -0.412. The molecule has 0 aliphatic heterocycles. The smallest absolute Gasteiger partial charge is 0.362 e. The topological polar surface area (TPSA) is 85.3 Å². The Morgan fingerprint density at radius 2 is 2.37 bits per heavy atom. The Hall–Kier alpha value is -1.69. The normalized spacial score (nSPS) is 22.4. The summed E-state index contributed by atoms with van der Waals surface area (Å²) in [6.07, 6.45) is 4.75. The molecule has 0 radical (unpaired) electrons. The van der Waals surface area contributed by atoms with E-state index in [9.17, 15) is 10.1 Å². The van der Waals surface area contributed by atoms with Gasteiger partial charge in [-0.25, -0.2) is 0 Å². The molecule has 0 saturated heterocycles. The fraction of sp³-hybridized carbons (Fsp3) is 0.615. The van der Waals surface area contributed by atoms with Crippen molar-refractivity contribution in [1.82, 2.24) is 4.98 Å².